The molecule has 0 unspecified atom stereocenters. The zero-order valence-corrected chi connectivity index (χ0v) is 7.76. The molecule has 0 saturated heterocycles. The molecule has 1 heterocycles. The van der Waals surface area contributed by atoms with Gasteiger partial charge in [-0.25, -0.2) is 13.8 Å². The quantitative estimate of drug-likeness (QED) is 0.824. The molecule has 0 aliphatic carbocycles. The third-order valence-corrected chi connectivity index (χ3v) is 1.41. The van der Waals surface area contributed by atoms with Crippen LogP contribution in [0, 0.1) is 0 Å². The second-order valence-corrected chi connectivity index (χ2v) is 2.70. The number of halogens is 5. The number of hydrogen-bond donors (Lipinski definition) is 1. The minimum atomic E-state index is -4.79. The molecule has 0 radical (unpaired) electrons. The Balaban J connectivity index is 2.54. The van der Waals surface area contributed by atoms with E-state index in [2.05, 4.69) is 15.0 Å². The van der Waals surface area contributed by atoms with E-state index in [1.165, 1.54) is 0 Å². The summed E-state index contributed by atoms with van der Waals surface area (Å²) in [4.78, 5) is 3.47. The molecule has 0 fully saturated rings. The van der Waals surface area contributed by atoms with E-state index in [0.717, 1.165) is 18.3 Å². The Morgan fingerprint density at radius 3 is 2.44 bits per heavy atom. The smallest absolute Gasteiger partial charge is 0.404 e. The van der Waals surface area contributed by atoms with Gasteiger partial charge in [-0.3, -0.25) is 0 Å². The van der Waals surface area contributed by atoms with Crippen LogP contribution < -0.4 is 10.1 Å². The first-order valence-corrected chi connectivity index (χ1v) is 4.10. The minimum absolute atomic E-state index is 0.0508. The van der Waals surface area contributed by atoms with E-state index in [-0.39, 0.29) is 5.82 Å². The fourth-order valence-electron chi connectivity index (χ4n) is 0.861. The van der Waals surface area contributed by atoms with Crippen LogP contribution in [0.5, 0.6) is 5.75 Å². The van der Waals surface area contributed by atoms with Gasteiger partial charge in [0.1, 0.15) is 11.6 Å². The summed E-state index contributed by atoms with van der Waals surface area (Å²) < 4.78 is 62.3. The Morgan fingerprint density at radius 2 is 2.00 bits per heavy atom. The largest absolute Gasteiger partial charge is 0.573 e. The number of pyridine rings is 1. The van der Waals surface area contributed by atoms with Crippen molar-refractivity contribution < 1.29 is 26.7 Å². The molecular weight excluding hydrogens is 235 g/mol. The van der Waals surface area contributed by atoms with Gasteiger partial charge in [0.2, 0.25) is 0 Å². The molecule has 1 N–H and O–H groups in total. The normalized spacial score (nSPS) is 11.6. The van der Waals surface area contributed by atoms with E-state index in [1.54, 1.807) is 0 Å². The maximum Gasteiger partial charge on any atom is 0.573 e. The monoisotopic (exact) mass is 242 g/mol. The number of rotatable bonds is 4. The molecular formula is C8H7F5N2O. The van der Waals surface area contributed by atoms with Gasteiger partial charge in [0.25, 0.3) is 6.43 Å². The number of alkyl halides is 5. The minimum Gasteiger partial charge on any atom is -0.404 e. The van der Waals surface area contributed by atoms with Gasteiger partial charge in [0.05, 0.1) is 12.7 Å². The number of anilines is 1. The first kappa shape index (κ1) is 12.5. The van der Waals surface area contributed by atoms with Crippen molar-refractivity contribution in [3.8, 4) is 5.75 Å². The molecule has 3 nitrogen and oxygen atoms in total. The fourth-order valence-corrected chi connectivity index (χ4v) is 0.861. The van der Waals surface area contributed by atoms with Gasteiger partial charge in [-0.15, -0.1) is 13.2 Å². The average Bonchev–Trinajstić information content (AvgIpc) is 2.14. The van der Waals surface area contributed by atoms with Crippen LogP contribution in [0.2, 0.25) is 0 Å². The van der Waals surface area contributed by atoms with Crippen molar-refractivity contribution in [1.82, 2.24) is 4.98 Å². The van der Waals surface area contributed by atoms with Crippen molar-refractivity contribution in [1.29, 1.82) is 0 Å². The van der Waals surface area contributed by atoms with Crippen LogP contribution in [0.25, 0.3) is 0 Å². The highest BCUT2D eigenvalue weighted by molar-refractivity contribution is 5.37. The Morgan fingerprint density at radius 1 is 1.31 bits per heavy atom. The predicted octanol–water partition coefficient (Wildman–Crippen LogP) is 2.66. The van der Waals surface area contributed by atoms with Crippen LogP contribution in [0.15, 0.2) is 18.3 Å². The van der Waals surface area contributed by atoms with Crippen LogP contribution >= 0.6 is 0 Å². The molecule has 1 aromatic heterocycles. The van der Waals surface area contributed by atoms with Crippen LogP contribution in [0.1, 0.15) is 0 Å². The lowest BCUT2D eigenvalue weighted by atomic mass is 10.4. The van der Waals surface area contributed by atoms with Gasteiger partial charge >= 0.3 is 6.36 Å². The Bertz CT molecular complexity index is 324. The summed E-state index contributed by atoms with van der Waals surface area (Å²) in [5.41, 5.74) is 0. The molecule has 16 heavy (non-hydrogen) atoms. The van der Waals surface area contributed by atoms with Gasteiger partial charge in [0.15, 0.2) is 0 Å². The third kappa shape index (κ3) is 4.76. The van der Waals surface area contributed by atoms with E-state index >= 15 is 0 Å². The lowest BCUT2D eigenvalue weighted by Gasteiger charge is -2.09. The van der Waals surface area contributed by atoms with Crippen molar-refractivity contribution >= 4 is 5.82 Å². The first-order chi connectivity index (χ1) is 7.37. The van der Waals surface area contributed by atoms with E-state index in [4.69, 9.17) is 0 Å². The molecule has 0 spiro atoms. The number of nitrogens with one attached hydrogen (secondary N) is 1. The van der Waals surface area contributed by atoms with Gasteiger partial charge in [-0.2, -0.15) is 0 Å². The molecule has 1 rings (SSSR count). The van der Waals surface area contributed by atoms with Crippen LogP contribution in [0.4, 0.5) is 27.8 Å². The average molecular weight is 242 g/mol. The summed E-state index contributed by atoms with van der Waals surface area (Å²) in [7, 11) is 0. The highest BCUT2D eigenvalue weighted by Gasteiger charge is 2.31. The summed E-state index contributed by atoms with van der Waals surface area (Å²) in [6.07, 6.45) is -6.56. The van der Waals surface area contributed by atoms with Crippen molar-refractivity contribution in [2.45, 2.75) is 12.8 Å². The van der Waals surface area contributed by atoms with Gasteiger partial charge in [0, 0.05) is 0 Å². The third-order valence-electron chi connectivity index (χ3n) is 1.41. The molecule has 0 bridgehead atoms. The van der Waals surface area contributed by atoms with Crippen LogP contribution in [0.3, 0.4) is 0 Å². The Kier molecular flexibility index (Phi) is 3.86. The zero-order chi connectivity index (χ0) is 12.2. The standard InChI is InChI=1S/C8H7F5N2O/c9-6(10)4-15-7-2-1-5(3-14-7)16-8(11,12)13/h1-3,6H,4H2,(H,14,15). The lowest BCUT2D eigenvalue weighted by molar-refractivity contribution is -0.274. The summed E-state index contributed by atoms with van der Waals surface area (Å²) in [5.74, 6) is -0.454. The molecule has 0 aliphatic rings. The first-order valence-electron chi connectivity index (χ1n) is 4.10. The number of aromatic nitrogens is 1. The summed E-state index contributed by atoms with van der Waals surface area (Å²) in [6, 6.07) is 2.09. The molecule has 0 aromatic carbocycles. The van der Waals surface area contributed by atoms with E-state index in [9.17, 15) is 22.0 Å². The Hall–Kier alpha value is -1.60. The van der Waals surface area contributed by atoms with Crippen molar-refractivity contribution in [3.05, 3.63) is 18.3 Å². The molecule has 90 valence electrons. The molecule has 0 amide bonds. The summed E-state index contributed by atoms with van der Waals surface area (Å²) in [5, 5.41) is 2.24. The van der Waals surface area contributed by atoms with Gasteiger partial charge in [-0.1, -0.05) is 0 Å². The van der Waals surface area contributed by atoms with Crippen molar-refractivity contribution in [2.75, 3.05) is 11.9 Å². The highest BCUT2D eigenvalue weighted by Crippen LogP contribution is 2.22. The summed E-state index contributed by atoms with van der Waals surface area (Å²) in [6.45, 7) is -0.619. The zero-order valence-electron chi connectivity index (χ0n) is 7.76. The van der Waals surface area contributed by atoms with Crippen LogP contribution in [-0.2, 0) is 0 Å². The lowest BCUT2D eigenvalue weighted by Crippen LogP contribution is -2.17. The number of ether oxygens (including phenoxy) is 1. The number of nitrogens with zero attached hydrogens (tertiary/aromatic N) is 1. The maximum atomic E-state index is 11.8. The van der Waals surface area contributed by atoms with Crippen molar-refractivity contribution in [3.63, 3.8) is 0 Å². The molecule has 8 heteroatoms. The van der Waals surface area contributed by atoms with Crippen molar-refractivity contribution in [2.24, 2.45) is 0 Å². The van der Waals surface area contributed by atoms with E-state index in [1.807, 2.05) is 0 Å². The molecule has 0 saturated carbocycles. The Labute approximate surface area is 87.2 Å². The van der Waals surface area contributed by atoms with E-state index in [0.29, 0.717) is 0 Å². The highest BCUT2D eigenvalue weighted by atomic mass is 19.4. The number of hydrogen-bond acceptors (Lipinski definition) is 3. The maximum absolute atomic E-state index is 11.8. The predicted molar refractivity (Wildman–Crippen MR) is 45.4 cm³/mol. The van der Waals surface area contributed by atoms with Crippen LogP contribution in [-0.4, -0.2) is 24.3 Å². The van der Waals surface area contributed by atoms with Gasteiger partial charge in [-0.05, 0) is 12.1 Å². The molecule has 0 aliphatic heterocycles. The SMILES string of the molecule is FC(F)CNc1ccc(OC(F)(F)F)cn1. The summed E-state index contributed by atoms with van der Waals surface area (Å²) >= 11 is 0. The second kappa shape index (κ2) is 4.95. The second-order valence-electron chi connectivity index (χ2n) is 2.70. The fraction of sp³-hybridized carbons (Fsp3) is 0.375. The molecule has 0 atom stereocenters. The topological polar surface area (TPSA) is 34.1 Å². The van der Waals surface area contributed by atoms with Gasteiger partial charge < -0.3 is 10.1 Å². The van der Waals surface area contributed by atoms with E-state index < -0.39 is 25.1 Å². The molecule has 1 aromatic rings.